The molecule has 3 saturated carbocycles. The number of aromatic nitrogens is 2. The number of allylic oxidation sites excluding steroid dienone is 1. The predicted molar refractivity (Wildman–Crippen MR) is 190 cm³/mol. The SMILES string of the molecule is C=C(C)C(=O)CC[C@H](NC(=O)[C@@H](NC(=O)c1cnccn1)C1CCCCC1)C(=O)N1C[C@@H]2CCC[C@@H]2C1C(=O)N[C@@H](CCC)C(=O)C(=O)NC1CC1. The molecule has 0 bridgehead atoms. The van der Waals surface area contributed by atoms with E-state index in [-0.39, 0.29) is 61.1 Å². The lowest BCUT2D eigenvalue weighted by Crippen LogP contribution is -2.59. The zero-order chi connectivity index (χ0) is 37.4. The van der Waals surface area contributed by atoms with Gasteiger partial charge in [-0.2, -0.15) is 0 Å². The number of ketones is 2. The molecule has 3 aliphatic carbocycles. The van der Waals surface area contributed by atoms with Gasteiger partial charge in [0.2, 0.25) is 23.5 Å². The highest BCUT2D eigenvalue weighted by molar-refractivity contribution is 6.38. The maximum Gasteiger partial charge on any atom is 0.289 e. The van der Waals surface area contributed by atoms with Crippen molar-refractivity contribution in [2.45, 2.75) is 134 Å². The summed E-state index contributed by atoms with van der Waals surface area (Å²) >= 11 is 0. The second-order valence-electron chi connectivity index (χ2n) is 15.0. The molecule has 1 aromatic heterocycles. The number of amides is 5. The molecule has 4 fully saturated rings. The third kappa shape index (κ3) is 9.68. The van der Waals surface area contributed by atoms with Crippen molar-refractivity contribution in [1.29, 1.82) is 0 Å². The fourth-order valence-corrected chi connectivity index (χ4v) is 8.03. The summed E-state index contributed by atoms with van der Waals surface area (Å²) in [4.78, 5) is 104. The Hall–Kier alpha value is -4.49. The van der Waals surface area contributed by atoms with Crippen molar-refractivity contribution in [2.75, 3.05) is 6.54 Å². The summed E-state index contributed by atoms with van der Waals surface area (Å²) in [7, 11) is 0. The summed E-state index contributed by atoms with van der Waals surface area (Å²) in [5.41, 5.74) is 0.372. The molecule has 52 heavy (non-hydrogen) atoms. The van der Waals surface area contributed by atoms with Crippen LogP contribution in [0.4, 0.5) is 0 Å². The van der Waals surface area contributed by atoms with Crippen LogP contribution in [0.2, 0.25) is 0 Å². The fourth-order valence-electron chi connectivity index (χ4n) is 8.03. The molecular formula is C38H53N7O7. The Balaban J connectivity index is 1.38. The number of carbonyl (C=O) groups excluding carboxylic acids is 7. The number of rotatable bonds is 17. The van der Waals surface area contributed by atoms with Crippen LogP contribution in [0.5, 0.6) is 0 Å². The van der Waals surface area contributed by atoms with Crippen molar-refractivity contribution >= 4 is 41.1 Å². The monoisotopic (exact) mass is 719 g/mol. The third-order valence-electron chi connectivity index (χ3n) is 11.0. The summed E-state index contributed by atoms with van der Waals surface area (Å²) in [5.74, 6) is -4.11. The van der Waals surface area contributed by atoms with E-state index in [9.17, 15) is 33.6 Å². The largest absolute Gasteiger partial charge is 0.347 e. The molecule has 2 heterocycles. The Bertz CT molecular complexity index is 1520. The summed E-state index contributed by atoms with van der Waals surface area (Å²) in [6.45, 7) is 7.46. The molecule has 1 aromatic rings. The number of nitrogens with one attached hydrogen (secondary N) is 4. The number of fused-ring (bicyclic) bond motifs is 1. The Morgan fingerprint density at radius 1 is 0.885 bits per heavy atom. The average Bonchev–Trinajstić information content (AvgIpc) is 3.71. The Labute approximate surface area is 305 Å². The zero-order valence-corrected chi connectivity index (χ0v) is 30.4. The lowest BCUT2D eigenvalue weighted by Gasteiger charge is -2.34. The first-order chi connectivity index (χ1) is 25.0. The molecule has 6 atom stereocenters. The van der Waals surface area contributed by atoms with Crippen LogP contribution in [0.1, 0.15) is 114 Å². The van der Waals surface area contributed by atoms with Crippen LogP contribution in [-0.4, -0.2) is 92.7 Å². The highest BCUT2D eigenvalue weighted by Gasteiger charge is 2.51. The fraction of sp³-hybridized carbons (Fsp3) is 0.658. The van der Waals surface area contributed by atoms with E-state index in [1.54, 1.807) is 6.92 Å². The number of Topliss-reactive ketones (excluding diaryl/α,β-unsaturated/α-hetero) is 2. The first-order valence-electron chi connectivity index (χ1n) is 19.0. The molecule has 14 heteroatoms. The van der Waals surface area contributed by atoms with Crippen molar-refractivity contribution in [3.05, 3.63) is 36.4 Å². The van der Waals surface area contributed by atoms with Crippen LogP contribution < -0.4 is 21.3 Å². The van der Waals surface area contributed by atoms with Crippen molar-refractivity contribution in [3.8, 4) is 0 Å². The number of likely N-dealkylation sites (tertiary alicyclic amines) is 1. The van der Waals surface area contributed by atoms with Crippen LogP contribution in [-0.2, 0) is 28.8 Å². The van der Waals surface area contributed by atoms with E-state index in [0.29, 0.717) is 31.3 Å². The molecule has 0 radical (unpaired) electrons. The van der Waals surface area contributed by atoms with Gasteiger partial charge in [-0.3, -0.25) is 38.5 Å². The van der Waals surface area contributed by atoms with Crippen LogP contribution in [0.3, 0.4) is 0 Å². The normalized spacial score (nSPS) is 23.0. The molecule has 14 nitrogen and oxygen atoms in total. The van der Waals surface area contributed by atoms with E-state index < -0.39 is 59.5 Å². The molecule has 5 amide bonds. The molecule has 1 aliphatic heterocycles. The topological polar surface area (TPSA) is 197 Å². The van der Waals surface area contributed by atoms with Gasteiger partial charge >= 0.3 is 0 Å². The summed E-state index contributed by atoms with van der Waals surface area (Å²) in [6, 6.07) is -4.12. The Kier molecular flexibility index (Phi) is 13.3. The van der Waals surface area contributed by atoms with Gasteiger partial charge < -0.3 is 26.2 Å². The van der Waals surface area contributed by atoms with Gasteiger partial charge in [0.05, 0.1) is 12.2 Å². The zero-order valence-electron chi connectivity index (χ0n) is 30.4. The van der Waals surface area contributed by atoms with Gasteiger partial charge in [-0.25, -0.2) is 4.98 Å². The van der Waals surface area contributed by atoms with Gasteiger partial charge in [0, 0.05) is 31.4 Å². The Morgan fingerprint density at radius 3 is 2.29 bits per heavy atom. The van der Waals surface area contributed by atoms with Crippen LogP contribution in [0, 0.1) is 17.8 Å². The molecule has 4 N–H and O–H groups in total. The number of carbonyl (C=O) groups is 7. The Morgan fingerprint density at radius 2 is 1.63 bits per heavy atom. The maximum absolute atomic E-state index is 14.6. The average molecular weight is 720 g/mol. The first-order valence-corrected chi connectivity index (χ1v) is 19.0. The van der Waals surface area contributed by atoms with E-state index in [4.69, 9.17) is 0 Å². The lowest BCUT2D eigenvalue weighted by molar-refractivity contribution is -0.144. The van der Waals surface area contributed by atoms with E-state index in [1.807, 2.05) is 6.92 Å². The van der Waals surface area contributed by atoms with Crippen molar-refractivity contribution in [2.24, 2.45) is 17.8 Å². The minimum absolute atomic E-state index is 0.0152. The highest BCUT2D eigenvalue weighted by Crippen LogP contribution is 2.43. The van der Waals surface area contributed by atoms with Gasteiger partial charge in [-0.1, -0.05) is 45.6 Å². The van der Waals surface area contributed by atoms with E-state index in [2.05, 4.69) is 37.8 Å². The molecule has 0 aromatic carbocycles. The first kappa shape index (κ1) is 38.7. The van der Waals surface area contributed by atoms with Gasteiger partial charge in [0.15, 0.2) is 5.78 Å². The van der Waals surface area contributed by atoms with Crippen LogP contribution >= 0.6 is 0 Å². The quantitative estimate of drug-likeness (QED) is 0.138. The lowest BCUT2D eigenvalue weighted by atomic mass is 9.83. The smallest absolute Gasteiger partial charge is 0.289 e. The molecule has 5 rings (SSSR count). The van der Waals surface area contributed by atoms with E-state index in [0.717, 1.165) is 44.9 Å². The molecule has 282 valence electrons. The van der Waals surface area contributed by atoms with Gasteiger partial charge in [0.1, 0.15) is 23.8 Å². The molecular weight excluding hydrogens is 666 g/mol. The molecule has 0 spiro atoms. The third-order valence-corrected chi connectivity index (χ3v) is 11.0. The summed E-state index contributed by atoms with van der Waals surface area (Å²) < 4.78 is 0. The number of nitrogens with zero attached hydrogens (tertiary/aromatic N) is 3. The molecule has 1 unspecified atom stereocenters. The second kappa shape index (κ2) is 17.8. The predicted octanol–water partition coefficient (Wildman–Crippen LogP) is 2.33. The molecule has 4 aliphatic rings. The van der Waals surface area contributed by atoms with Gasteiger partial charge in [-0.05, 0) is 81.6 Å². The van der Waals surface area contributed by atoms with Gasteiger partial charge in [-0.15, -0.1) is 0 Å². The highest BCUT2D eigenvalue weighted by atomic mass is 16.2. The maximum atomic E-state index is 14.6. The van der Waals surface area contributed by atoms with Gasteiger partial charge in [0.25, 0.3) is 11.8 Å². The minimum Gasteiger partial charge on any atom is -0.347 e. The van der Waals surface area contributed by atoms with E-state index in [1.165, 1.54) is 23.5 Å². The summed E-state index contributed by atoms with van der Waals surface area (Å²) in [6.07, 6.45) is 13.1. The second-order valence-corrected chi connectivity index (χ2v) is 15.0. The number of hydrogen-bond donors (Lipinski definition) is 4. The molecule has 1 saturated heterocycles. The van der Waals surface area contributed by atoms with Crippen molar-refractivity contribution < 1.29 is 33.6 Å². The van der Waals surface area contributed by atoms with E-state index >= 15 is 0 Å². The number of hydrogen-bond acceptors (Lipinski definition) is 9. The summed E-state index contributed by atoms with van der Waals surface area (Å²) in [5, 5.41) is 11.3. The standard InChI is InChI=1S/C38H53N7O7/c1-4-9-27(33(47)37(51)41-25-14-15-25)42-36(50)32-26-13-8-12-24(26)21-45(32)38(52)28(16-17-30(46)22(2)3)43-35(49)31(23-10-6-5-7-11-23)44-34(48)29-20-39-18-19-40-29/h18-20,23-28,31-32H,2,4-17,21H2,1,3H3,(H,41,51)(H,42,50)(H,43,49)(H,44,48)/t24-,26-,27-,28-,31-,32?/m0/s1. The van der Waals surface area contributed by atoms with Crippen LogP contribution in [0.25, 0.3) is 0 Å². The van der Waals surface area contributed by atoms with Crippen molar-refractivity contribution in [3.63, 3.8) is 0 Å². The van der Waals surface area contributed by atoms with Crippen LogP contribution in [0.15, 0.2) is 30.7 Å². The van der Waals surface area contributed by atoms with Crippen molar-refractivity contribution in [1.82, 2.24) is 36.1 Å². The minimum atomic E-state index is -1.18.